The molecule has 4 heteroatoms. The van der Waals surface area contributed by atoms with Crippen LogP contribution in [0.1, 0.15) is 48.5 Å². The molecule has 0 saturated carbocycles. The molecular formula is C16H32N2O2. The van der Waals surface area contributed by atoms with Gasteiger partial charge in [0.15, 0.2) is 0 Å². The zero-order valence-corrected chi connectivity index (χ0v) is 14.2. The molecule has 0 spiro atoms. The Morgan fingerprint density at radius 3 is 2.10 bits per heavy atom. The molecule has 0 aliphatic carbocycles. The number of hydrogen-bond donors (Lipinski definition) is 1. The molecule has 0 unspecified atom stereocenters. The predicted octanol–water partition coefficient (Wildman–Crippen LogP) is 3.12. The van der Waals surface area contributed by atoms with E-state index in [1.54, 1.807) is 4.90 Å². The molecule has 1 fully saturated rings. The fraction of sp³-hybridized carbons (Fsp3) is 0.938. The van der Waals surface area contributed by atoms with Gasteiger partial charge in [0, 0.05) is 19.1 Å². The second-order valence-electron chi connectivity index (χ2n) is 7.64. The molecule has 0 radical (unpaired) electrons. The van der Waals surface area contributed by atoms with Crippen LogP contribution in [-0.2, 0) is 4.74 Å². The summed E-state index contributed by atoms with van der Waals surface area (Å²) >= 11 is 0. The van der Waals surface area contributed by atoms with Gasteiger partial charge in [-0.1, -0.05) is 27.7 Å². The van der Waals surface area contributed by atoms with Crippen LogP contribution in [0.3, 0.4) is 0 Å². The number of rotatable bonds is 5. The lowest BCUT2D eigenvalue weighted by Crippen LogP contribution is -2.61. The molecule has 0 aromatic heterocycles. The quantitative estimate of drug-likeness (QED) is 0.843. The van der Waals surface area contributed by atoms with Gasteiger partial charge in [0.2, 0.25) is 0 Å². The van der Waals surface area contributed by atoms with Crippen molar-refractivity contribution in [1.82, 2.24) is 10.2 Å². The van der Waals surface area contributed by atoms with Gasteiger partial charge in [-0.2, -0.15) is 0 Å². The minimum atomic E-state index is -0.407. The van der Waals surface area contributed by atoms with E-state index in [-0.39, 0.29) is 6.09 Å². The third kappa shape index (κ3) is 5.31. The van der Waals surface area contributed by atoms with Gasteiger partial charge < -0.3 is 15.0 Å². The van der Waals surface area contributed by atoms with E-state index in [9.17, 15) is 4.79 Å². The average Bonchev–Trinajstić information content (AvgIpc) is 2.16. The summed E-state index contributed by atoms with van der Waals surface area (Å²) in [5.41, 5.74) is -0.407. The van der Waals surface area contributed by atoms with E-state index in [1.807, 2.05) is 20.8 Å². The van der Waals surface area contributed by atoms with Crippen LogP contribution in [-0.4, -0.2) is 42.3 Å². The Morgan fingerprint density at radius 2 is 1.70 bits per heavy atom. The topological polar surface area (TPSA) is 41.6 Å². The smallest absolute Gasteiger partial charge is 0.410 e. The molecule has 1 heterocycles. The number of amides is 1. The number of nitrogens with one attached hydrogen (secondary N) is 1. The van der Waals surface area contributed by atoms with Gasteiger partial charge in [-0.25, -0.2) is 4.79 Å². The summed E-state index contributed by atoms with van der Waals surface area (Å²) in [6.45, 7) is 17.4. The van der Waals surface area contributed by atoms with Gasteiger partial charge in [0.1, 0.15) is 5.60 Å². The molecule has 20 heavy (non-hydrogen) atoms. The molecule has 1 rings (SSSR count). The average molecular weight is 284 g/mol. The van der Waals surface area contributed by atoms with Crippen LogP contribution >= 0.6 is 0 Å². The Kier molecular flexibility index (Phi) is 5.87. The number of nitrogens with zero attached hydrogens (tertiary/aromatic N) is 1. The van der Waals surface area contributed by atoms with Gasteiger partial charge in [0.25, 0.3) is 0 Å². The SMILES string of the molecule is CC(C)C(CNC1CN(C(=O)OC(C)(C)C)C1)C(C)C. The zero-order valence-electron chi connectivity index (χ0n) is 14.2. The molecule has 1 aliphatic rings. The highest BCUT2D eigenvalue weighted by molar-refractivity contribution is 5.69. The van der Waals surface area contributed by atoms with E-state index in [0.717, 1.165) is 19.6 Å². The van der Waals surface area contributed by atoms with E-state index < -0.39 is 5.60 Å². The van der Waals surface area contributed by atoms with Crippen molar-refractivity contribution >= 4 is 6.09 Å². The third-order valence-corrected chi connectivity index (χ3v) is 3.89. The normalized spacial score (nSPS) is 17.0. The Labute approximate surface area is 124 Å². The van der Waals surface area contributed by atoms with Crippen molar-refractivity contribution in [3.05, 3.63) is 0 Å². The van der Waals surface area contributed by atoms with Gasteiger partial charge in [-0.15, -0.1) is 0 Å². The fourth-order valence-electron chi connectivity index (χ4n) is 2.63. The molecule has 118 valence electrons. The van der Waals surface area contributed by atoms with Crippen molar-refractivity contribution in [2.75, 3.05) is 19.6 Å². The first kappa shape index (κ1) is 17.3. The van der Waals surface area contributed by atoms with E-state index in [2.05, 4.69) is 33.0 Å². The number of hydrogen-bond acceptors (Lipinski definition) is 3. The Balaban J connectivity index is 2.27. The molecule has 0 aromatic carbocycles. The van der Waals surface area contributed by atoms with E-state index in [4.69, 9.17) is 4.74 Å². The van der Waals surface area contributed by atoms with E-state index in [0.29, 0.717) is 23.8 Å². The lowest BCUT2D eigenvalue weighted by molar-refractivity contribution is 0.00454. The summed E-state index contributed by atoms with van der Waals surface area (Å²) < 4.78 is 5.35. The highest BCUT2D eigenvalue weighted by Gasteiger charge is 2.33. The Hall–Kier alpha value is -0.770. The minimum absolute atomic E-state index is 0.195. The molecule has 1 amide bonds. The summed E-state index contributed by atoms with van der Waals surface area (Å²) in [7, 11) is 0. The van der Waals surface area contributed by atoms with Crippen molar-refractivity contribution in [3.8, 4) is 0 Å². The Morgan fingerprint density at radius 1 is 1.20 bits per heavy atom. The van der Waals surface area contributed by atoms with Crippen LogP contribution < -0.4 is 5.32 Å². The number of ether oxygens (including phenoxy) is 1. The lowest BCUT2D eigenvalue weighted by atomic mass is 9.85. The van der Waals surface area contributed by atoms with Crippen molar-refractivity contribution in [1.29, 1.82) is 0 Å². The van der Waals surface area contributed by atoms with Crippen LogP contribution in [0.25, 0.3) is 0 Å². The summed E-state index contributed by atoms with van der Waals surface area (Å²) in [5, 5.41) is 3.58. The van der Waals surface area contributed by atoms with Crippen molar-refractivity contribution in [2.45, 2.75) is 60.1 Å². The van der Waals surface area contributed by atoms with Crippen LogP contribution in [0.15, 0.2) is 0 Å². The minimum Gasteiger partial charge on any atom is -0.444 e. The van der Waals surface area contributed by atoms with Crippen molar-refractivity contribution in [3.63, 3.8) is 0 Å². The van der Waals surface area contributed by atoms with Gasteiger partial charge in [-0.3, -0.25) is 0 Å². The van der Waals surface area contributed by atoms with E-state index in [1.165, 1.54) is 0 Å². The van der Waals surface area contributed by atoms with Crippen LogP contribution in [0.5, 0.6) is 0 Å². The van der Waals surface area contributed by atoms with Crippen LogP contribution in [0.2, 0.25) is 0 Å². The molecule has 4 nitrogen and oxygen atoms in total. The maximum Gasteiger partial charge on any atom is 0.410 e. The summed E-state index contributed by atoms with van der Waals surface area (Å²) in [6, 6.07) is 0.419. The molecule has 0 atom stereocenters. The number of likely N-dealkylation sites (tertiary alicyclic amines) is 1. The maximum absolute atomic E-state index is 11.8. The first-order chi connectivity index (χ1) is 9.10. The molecule has 1 saturated heterocycles. The highest BCUT2D eigenvalue weighted by Crippen LogP contribution is 2.21. The molecule has 1 N–H and O–H groups in total. The zero-order chi connectivity index (χ0) is 15.5. The second-order valence-corrected chi connectivity index (χ2v) is 7.64. The molecule has 0 aromatic rings. The summed E-state index contributed by atoms with van der Waals surface area (Å²) in [5.74, 6) is 2.06. The largest absolute Gasteiger partial charge is 0.444 e. The lowest BCUT2D eigenvalue weighted by Gasteiger charge is -2.41. The summed E-state index contributed by atoms with van der Waals surface area (Å²) in [4.78, 5) is 13.6. The first-order valence-corrected chi connectivity index (χ1v) is 7.81. The van der Waals surface area contributed by atoms with Gasteiger partial charge >= 0.3 is 6.09 Å². The third-order valence-electron chi connectivity index (χ3n) is 3.89. The molecular weight excluding hydrogens is 252 g/mol. The maximum atomic E-state index is 11.8. The molecule has 0 bridgehead atoms. The molecule has 1 aliphatic heterocycles. The Bertz CT molecular complexity index is 307. The van der Waals surface area contributed by atoms with Crippen molar-refractivity contribution < 1.29 is 9.53 Å². The van der Waals surface area contributed by atoms with Crippen molar-refractivity contribution in [2.24, 2.45) is 17.8 Å². The predicted molar refractivity (Wildman–Crippen MR) is 82.8 cm³/mol. The second kappa shape index (κ2) is 6.79. The number of carbonyl (C=O) groups is 1. The van der Waals surface area contributed by atoms with Gasteiger partial charge in [-0.05, 0) is 45.1 Å². The van der Waals surface area contributed by atoms with Gasteiger partial charge in [0.05, 0.1) is 0 Å². The fourth-order valence-corrected chi connectivity index (χ4v) is 2.63. The van der Waals surface area contributed by atoms with Crippen LogP contribution in [0.4, 0.5) is 4.79 Å². The monoisotopic (exact) mass is 284 g/mol. The summed E-state index contributed by atoms with van der Waals surface area (Å²) in [6.07, 6.45) is -0.195. The standard InChI is InChI=1S/C16H32N2O2/c1-11(2)14(12(3)4)8-17-13-9-18(10-13)15(19)20-16(5,6)7/h11-14,17H,8-10H2,1-7H3. The van der Waals surface area contributed by atoms with Crippen LogP contribution in [0, 0.1) is 17.8 Å². The van der Waals surface area contributed by atoms with E-state index >= 15 is 0 Å². The highest BCUT2D eigenvalue weighted by atomic mass is 16.6. The number of carbonyl (C=O) groups excluding carboxylic acids is 1. The first-order valence-electron chi connectivity index (χ1n) is 7.81.